The molecule has 1 aliphatic heterocycles. The fourth-order valence-corrected chi connectivity index (χ4v) is 2.89. The highest BCUT2D eigenvalue weighted by Crippen LogP contribution is 2.27. The van der Waals surface area contributed by atoms with E-state index in [0.717, 1.165) is 26.0 Å². The molecule has 102 valence electrons. The Bertz CT molecular complexity index is 189. The molecule has 2 nitrogen and oxygen atoms in total. The Hall–Kier alpha value is 0.210. The number of alkyl halides is 1. The zero-order valence-electron chi connectivity index (χ0n) is 11.4. The van der Waals surface area contributed by atoms with E-state index in [1.165, 1.54) is 32.1 Å². The number of rotatable bonds is 8. The second kappa shape index (κ2) is 9.18. The Balaban J connectivity index is 2.36. The molecule has 1 aliphatic rings. The molecule has 3 unspecified atom stereocenters. The van der Waals surface area contributed by atoms with Gasteiger partial charge in [0.15, 0.2) is 0 Å². The van der Waals surface area contributed by atoms with Gasteiger partial charge >= 0.3 is 0 Å². The summed E-state index contributed by atoms with van der Waals surface area (Å²) in [5.41, 5.74) is 0.146. The Labute approximate surface area is 111 Å². The first-order valence-electron chi connectivity index (χ1n) is 7.27. The Kier molecular flexibility index (Phi) is 8.25. The third-order valence-corrected chi connectivity index (χ3v) is 3.88. The van der Waals surface area contributed by atoms with Gasteiger partial charge in [0.25, 0.3) is 0 Å². The van der Waals surface area contributed by atoms with Gasteiger partial charge < -0.3 is 10.1 Å². The predicted molar refractivity (Wildman–Crippen MR) is 74.5 cm³/mol. The van der Waals surface area contributed by atoms with Crippen LogP contribution in [0.2, 0.25) is 0 Å². The van der Waals surface area contributed by atoms with Crippen LogP contribution in [0.5, 0.6) is 0 Å². The highest BCUT2D eigenvalue weighted by Gasteiger charge is 2.27. The van der Waals surface area contributed by atoms with Crippen molar-refractivity contribution in [2.75, 3.05) is 13.2 Å². The highest BCUT2D eigenvalue weighted by atomic mass is 35.5. The van der Waals surface area contributed by atoms with Gasteiger partial charge in [-0.1, -0.05) is 33.1 Å². The second-order valence-corrected chi connectivity index (χ2v) is 5.64. The van der Waals surface area contributed by atoms with E-state index < -0.39 is 0 Å². The summed E-state index contributed by atoms with van der Waals surface area (Å²) in [7, 11) is 0. The molecular weight excluding hydrogens is 234 g/mol. The first-order valence-corrected chi connectivity index (χ1v) is 7.70. The Morgan fingerprint density at radius 3 is 2.76 bits per heavy atom. The number of piperidine rings is 1. The van der Waals surface area contributed by atoms with E-state index in [-0.39, 0.29) is 5.50 Å². The quantitative estimate of drug-likeness (QED) is 0.406. The Morgan fingerprint density at radius 2 is 2.12 bits per heavy atom. The lowest BCUT2D eigenvalue weighted by Gasteiger charge is -2.33. The number of hydrogen-bond acceptors (Lipinski definition) is 2. The summed E-state index contributed by atoms with van der Waals surface area (Å²) in [6.07, 6.45) is 8.92. The van der Waals surface area contributed by atoms with Crippen LogP contribution in [0.25, 0.3) is 0 Å². The van der Waals surface area contributed by atoms with Crippen LogP contribution in [0.3, 0.4) is 0 Å². The minimum atomic E-state index is 0.146. The van der Waals surface area contributed by atoms with Crippen LogP contribution in [0.4, 0.5) is 0 Å². The standard InChI is InChI=1S/C14H28ClNO/c1-3-5-6-7-13(17-10-4-2)12-8-9-16-14(15)11-12/h12-14,16H,3-11H2,1-2H3. The van der Waals surface area contributed by atoms with Crippen molar-refractivity contribution >= 4 is 11.6 Å². The average Bonchev–Trinajstić information content (AvgIpc) is 2.33. The van der Waals surface area contributed by atoms with Crippen LogP contribution in [0.1, 0.15) is 58.8 Å². The second-order valence-electron chi connectivity index (χ2n) is 5.11. The molecule has 1 saturated heterocycles. The third-order valence-electron chi connectivity index (χ3n) is 3.54. The highest BCUT2D eigenvalue weighted by molar-refractivity contribution is 6.20. The minimum Gasteiger partial charge on any atom is -0.378 e. The number of ether oxygens (including phenoxy) is 1. The summed E-state index contributed by atoms with van der Waals surface area (Å²) < 4.78 is 6.04. The lowest BCUT2D eigenvalue weighted by Crippen LogP contribution is -2.39. The summed E-state index contributed by atoms with van der Waals surface area (Å²) in [4.78, 5) is 0. The van der Waals surface area contributed by atoms with Crippen LogP contribution in [0, 0.1) is 5.92 Å². The molecule has 17 heavy (non-hydrogen) atoms. The molecule has 1 heterocycles. The largest absolute Gasteiger partial charge is 0.378 e. The minimum absolute atomic E-state index is 0.146. The van der Waals surface area contributed by atoms with Gasteiger partial charge in [-0.15, -0.1) is 11.6 Å². The molecule has 0 aromatic rings. The van der Waals surface area contributed by atoms with Crippen LogP contribution < -0.4 is 5.32 Å². The van der Waals surface area contributed by atoms with E-state index in [4.69, 9.17) is 16.3 Å². The molecule has 0 bridgehead atoms. The third kappa shape index (κ3) is 6.08. The predicted octanol–water partition coefficient (Wildman–Crippen LogP) is 3.93. The van der Waals surface area contributed by atoms with Crippen molar-refractivity contribution < 1.29 is 4.74 Å². The lowest BCUT2D eigenvalue weighted by molar-refractivity contribution is -0.00537. The van der Waals surface area contributed by atoms with E-state index in [2.05, 4.69) is 19.2 Å². The molecule has 0 radical (unpaired) electrons. The van der Waals surface area contributed by atoms with Crippen molar-refractivity contribution in [3.05, 3.63) is 0 Å². The zero-order chi connectivity index (χ0) is 12.5. The van der Waals surface area contributed by atoms with Crippen molar-refractivity contribution in [2.24, 2.45) is 5.92 Å². The normalized spacial score (nSPS) is 27.0. The first-order chi connectivity index (χ1) is 8.27. The SMILES string of the molecule is CCCCCC(OCCC)C1CCNC(Cl)C1. The molecule has 1 fully saturated rings. The van der Waals surface area contributed by atoms with Gasteiger partial charge in [0.1, 0.15) is 0 Å². The molecule has 0 aromatic heterocycles. The summed E-state index contributed by atoms with van der Waals surface area (Å²) >= 11 is 6.18. The maximum Gasteiger partial charge on any atom is 0.0829 e. The van der Waals surface area contributed by atoms with Crippen LogP contribution >= 0.6 is 11.6 Å². The lowest BCUT2D eigenvalue weighted by atomic mass is 9.89. The fourth-order valence-electron chi connectivity index (χ4n) is 2.55. The fraction of sp³-hybridized carbons (Fsp3) is 1.00. The maximum atomic E-state index is 6.18. The summed E-state index contributed by atoms with van der Waals surface area (Å²) in [6.45, 7) is 6.36. The van der Waals surface area contributed by atoms with Crippen molar-refractivity contribution in [3.8, 4) is 0 Å². The van der Waals surface area contributed by atoms with Gasteiger partial charge in [-0.2, -0.15) is 0 Å². The molecule has 1 rings (SSSR count). The smallest absolute Gasteiger partial charge is 0.0829 e. The van der Waals surface area contributed by atoms with Crippen molar-refractivity contribution in [1.82, 2.24) is 5.32 Å². The van der Waals surface area contributed by atoms with Gasteiger partial charge in [-0.25, -0.2) is 0 Å². The van der Waals surface area contributed by atoms with E-state index in [1.807, 2.05) is 0 Å². The van der Waals surface area contributed by atoms with Crippen molar-refractivity contribution in [1.29, 1.82) is 0 Å². The monoisotopic (exact) mass is 261 g/mol. The molecule has 0 amide bonds. The molecule has 0 aromatic carbocycles. The number of unbranched alkanes of at least 4 members (excludes halogenated alkanes) is 2. The molecule has 0 aliphatic carbocycles. The summed E-state index contributed by atoms with van der Waals surface area (Å²) in [5.74, 6) is 0.655. The van der Waals surface area contributed by atoms with E-state index in [0.29, 0.717) is 12.0 Å². The first kappa shape index (κ1) is 15.3. The average molecular weight is 262 g/mol. The van der Waals surface area contributed by atoms with E-state index >= 15 is 0 Å². The Morgan fingerprint density at radius 1 is 1.29 bits per heavy atom. The van der Waals surface area contributed by atoms with E-state index in [9.17, 15) is 0 Å². The van der Waals surface area contributed by atoms with Gasteiger partial charge in [-0.3, -0.25) is 0 Å². The van der Waals surface area contributed by atoms with Crippen LogP contribution in [-0.4, -0.2) is 24.8 Å². The van der Waals surface area contributed by atoms with Gasteiger partial charge in [0, 0.05) is 6.61 Å². The molecule has 3 atom stereocenters. The van der Waals surface area contributed by atoms with E-state index in [1.54, 1.807) is 0 Å². The molecular formula is C14H28ClNO. The molecule has 3 heteroatoms. The van der Waals surface area contributed by atoms with Gasteiger partial charge in [0.2, 0.25) is 0 Å². The molecule has 0 spiro atoms. The number of nitrogens with one attached hydrogen (secondary N) is 1. The topological polar surface area (TPSA) is 21.3 Å². The van der Waals surface area contributed by atoms with Crippen molar-refractivity contribution in [3.63, 3.8) is 0 Å². The van der Waals surface area contributed by atoms with Crippen LogP contribution in [-0.2, 0) is 4.74 Å². The van der Waals surface area contributed by atoms with Crippen molar-refractivity contribution in [2.45, 2.75) is 70.4 Å². The number of halogens is 1. The van der Waals surface area contributed by atoms with Gasteiger partial charge in [0.05, 0.1) is 11.6 Å². The summed E-state index contributed by atoms with van der Waals surface area (Å²) in [5, 5.41) is 3.30. The zero-order valence-corrected chi connectivity index (χ0v) is 12.1. The van der Waals surface area contributed by atoms with Gasteiger partial charge in [-0.05, 0) is 38.1 Å². The molecule has 1 N–H and O–H groups in total. The maximum absolute atomic E-state index is 6.18. The molecule has 0 saturated carbocycles. The van der Waals surface area contributed by atoms with Crippen LogP contribution in [0.15, 0.2) is 0 Å². The number of hydrogen-bond donors (Lipinski definition) is 1. The summed E-state index contributed by atoms with van der Waals surface area (Å²) in [6, 6.07) is 0.